The van der Waals surface area contributed by atoms with Gasteiger partial charge >= 0.3 is 0 Å². The van der Waals surface area contributed by atoms with Crippen molar-refractivity contribution < 1.29 is 0 Å². The molecule has 0 aliphatic carbocycles. The lowest BCUT2D eigenvalue weighted by Gasteiger charge is -2.01. The second-order valence-corrected chi connectivity index (χ2v) is 1.84. The minimum Gasteiger partial charge on any atom is -0.309 e. The molecule has 6 heavy (non-hydrogen) atoms. The lowest BCUT2D eigenvalue weighted by Crippen LogP contribution is -2.16. The Morgan fingerprint density at radius 3 is 2.33 bits per heavy atom. The highest BCUT2D eigenvalue weighted by Gasteiger charge is 1.87. The molecule has 0 aliphatic rings. The van der Waals surface area contributed by atoms with E-state index >= 15 is 0 Å². The smallest absolute Gasteiger partial charge is 0.0497 e. The van der Waals surface area contributed by atoms with Gasteiger partial charge in [-0.2, -0.15) is 12.6 Å². The first kappa shape index (κ1) is 6.31. The fourth-order valence-electron chi connectivity index (χ4n) is 0.204. The number of hydrogen-bond acceptors (Lipinski definition) is 2. The van der Waals surface area contributed by atoms with Crippen molar-refractivity contribution in [1.82, 2.24) is 5.32 Å². The van der Waals surface area contributed by atoms with Crippen LogP contribution in [0.1, 0.15) is 13.3 Å². The van der Waals surface area contributed by atoms with Gasteiger partial charge in [0.2, 0.25) is 0 Å². The third-order valence-electron chi connectivity index (χ3n) is 0.720. The summed E-state index contributed by atoms with van der Waals surface area (Å²) in [4.78, 5) is 0. The first-order chi connectivity index (χ1) is 2.81. The number of thiol groups is 1. The van der Waals surface area contributed by atoms with Crippen LogP contribution in [0.4, 0.5) is 0 Å². The average Bonchev–Trinajstić information content (AvgIpc) is 1.65. The summed E-state index contributed by atoms with van der Waals surface area (Å²) in [5.74, 6) is 0. The number of rotatable bonds is 2. The quantitative estimate of drug-likeness (QED) is 0.392. The Morgan fingerprint density at radius 2 is 2.33 bits per heavy atom. The number of nitrogens with one attached hydrogen (secondary N) is 1. The molecule has 0 bridgehead atoms. The van der Waals surface area contributed by atoms with Gasteiger partial charge in [0.25, 0.3) is 0 Å². The molecule has 0 amide bonds. The molecule has 2 heteroatoms. The fourth-order valence-corrected chi connectivity index (χ4v) is 0.204. The Labute approximate surface area is 44.5 Å². The van der Waals surface area contributed by atoms with Crippen LogP contribution in [0.3, 0.4) is 0 Å². The van der Waals surface area contributed by atoms with E-state index in [2.05, 4.69) is 24.9 Å². The summed E-state index contributed by atoms with van der Waals surface area (Å²) < 4.78 is 0. The van der Waals surface area contributed by atoms with Gasteiger partial charge in [-0.3, -0.25) is 0 Å². The van der Waals surface area contributed by atoms with Gasteiger partial charge in [-0.25, -0.2) is 0 Å². The van der Waals surface area contributed by atoms with Gasteiger partial charge in [0.15, 0.2) is 0 Å². The minimum absolute atomic E-state index is 0.380. The third-order valence-corrected chi connectivity index (χ3v) is 1.34. The van der Waals surface area contributed by atoms with Crippen LogP contribution < -0.4 is 5.32 Å². The Balaban J connectivity index is 2.75. The maximum Gasteiger partial charge on any atom is 0.0497 e. The predicted octanol–water partition coefficient (Wildman–Crippen LogP) is 0.872. The molecule has 0 rings (SSSR count). The van der Waals surface area contributed by atoms with Gasteiger partial charge in [0, 0.05) is 5.37 Å². The van der Waals surface area contributed by atoms with Crippen LogP contribution in [0.15, 0.2) is 0 Å². The molecular formula is C4H11NS. The average molecular weight is 105 g/mol. The molecule has 1 nitrogen and oxygen atoms in total. The normalized spacial score (nSPS) is 14.5. The topological polar surface area (TPSA) is 12.0 Å². The summed E-state index contributed by atoms with van der Waals surface area (Å²) in [5, 5.41) is 3.36. The maximum atomic E-state index is 4.12. The second kappa shape index (κ2) is 3.50. The summed E-state index contributed by atoms with van der Waals surface area (Å²) in [6.45, 7) is 2.09. The van der Waals surface area contributed by atoms with Crippen LogP contribution in [0.5, 0.6) is 0 Å². The summed E-state index contributed by atoms with van der Waals surface area (Å²) >= 11 is 4.12. The van der Waals surface area contributed by atoms with Gasteiger partial charge in [0.05, 0.1) is 0 Å². The van der Waals surface area contributed by atoms with Gasteiger partial charge in [-0.1, -0.05) is 6.92 Å². The predicted molar refractivity (Wildman–Crippen MR) is 32.1 cm³/mol. The van der Waals surface area contributed by atoms with Crippen molar-refractivity contribution in [3.05, 3.63) is 0 Å². The van der Waals surface area contributed by atoms with Crippen LogP contribution >= 0.6 is 12.6 Å². The summed E-state index contributed by atoms with van der Waals surface area (Å²) in [7, 11) is 1.90. The molecule has 1 N–H and O–H groups in total. The zero-order valence-electron chi connectivity index (χ0n) is 4.23. The summed E-state index contributed by atoms with van der Waals surface area (Å²) in [6, 6.07) is 0. The van der Waals surface area contributed by atoms with Crippen molar-refractivity contribution in [1.29, 1.82) is 0 Å². The monoisotopic (exact) mass is 105 g/mol. The van der Waals surface area contributed by atoms with Crippen LogP contribution in [0, 0.1) is 0 Å². The highest BCUT2D eigenvalue weighted by molar-refractivity contribution is 7.80. The van der Waals surface area contributed by atoms with Gasteiger partial charge < -0.3 is 5.32 Å². The molecule has 0 aromatic heterocycles. The van der Waals surface area contributed by atoms with Crippen LogP contribution in [-0.2, 0) is 0 Å². The molecule has 0 radical (unpaired) electrons. The van der Waals surface area contributed by atoms with Crippen molar-refractivity contribution in [3.63, 3.8) is 0 Å². The van der Waals surface area contributed by atoms with Crippen molar-refractivity contribution in [2.45, 2.75) is 18.7 Å². The summed E-state index contributed by atoms with van der Waals surface area (Å²) in [6.07, 6.45) is 1.08. The van der Waals surface area contributed by atoms with E-state index in [1.54, 1.807) is 0 Å². The Morgan fingerprint density at radius 1 is 1.83 bits per heavy atom. The molecule has 0 heterocycles. The first-order valence-corrected chi connectivity index (χ1v) is 2.68. The minimum atomic E-state index is 0.380. The molecule has 0 aromatic carbocycles. The molecule has 0 saturated carbocycles. The largest absolute Gasteiger partial charge is 0.309 e. The molecule has 0 fully saturated rings. The number of hydrogen-bond donors (Lipinski definition) is 2. The van der Waals surface area contributed by atoms with Crippen molar-refractivity contribution in [3.8, 4) is 0 Å². The van der Waals surface area contributed by atoms with E-state index in [1.165, 1.54) is 0 Å². The lowest BCUT2D eigenvalue weighted by molar-refractivity contribution is 0.723. The highest BCUT2D eigenvalue weighted by Crippen LogP contribution is 1.90. The van der Waals surface area contributed by atoms with E-state index in [-0.39, 0.29) is 0 Å². The standard InChI is InChI=1S/C4H11NS/c1-3-4(6)5-2/h4-6H,3H2,1-2H3/t4-/m0/s1. The van der Waals surface area contributed by atoms with Gasteiger partial charge in [0.1, 0.15) is 0 Å². The zero-order valence-corrected chi connectivity index (χ0v) is 5.13. The highest BCUT2D eigenvalue weighted by atomic mass is 32.1. The molecule has 0 aromatic rings. The SMILES string of the molecule is CC[C@H](S)NC. The van der Waals surface area contributed by atoms with Crippen LogP contribution in [0.2, 0.25) is 0 Å². The van der Waals surface area contributed by atoms with Crippen molar-refractivity contribution in [2.24, 2.45) is 0 Å². The molecule has 0 unspecified atom stereocenters. The Hall–Kier alpha value is 0.310. The molecule has 38 valence electrons. The molecular weight excluding hydrogens is 94.1 g/mol. The molecule has 0 saturated heterocycles. The van der Waals surface area contributed by atoms with Gasteiger partial charge in [-0.15, -0.1) is 0 Å². The lowest BCUT2D eigenvalue weighted by atomic mass is 10.5. The van der Waals surface area contributed by atoms with E-state index in [0.29, 0.717) is 5.37 Å². The van der Waals surface area contributed by atoms with Gasteiger partial charge in [-0.05, 0) is 13.5 Å². The summed E-state index contributed by atoms with van der Waals surface area (Å²) in [5.41, 5.74) is 0. The molecule has 1 atom stereocenters. The maximum absolute atomic E-state index is 4.12. The Bertz CT molecular complexity index is 26.7. The first-order valence-electron chi connectivity index (χ1n) is 2.16. The van der Waals surface area contributed by atoms with Crippen LogP contribution in [0.25, 0.3) is 0 Å². The van der Waals surface area contributed by atoms with E-state index < -0.39 is 0 Å². The fraction of sp³-hybridized carbons (Fsp3) is 1.00. The molecule has 0 aliphatic heterocycles. The zero-order chi connectivity index (χ0) is 4.99. The van der Waals surface area contributed by atoms with E-state index in [1.807, 2.05) is 7.05 Å². The second-order valence-electron chi connectivity index (χ2n) is 1.21. The van der Waals surface area contributed by atoms with Crippen molar-refractivity contribution >= 4 is 12.6 Å². The Kier molecular flexibility index (Phi) is 3.68. The van der Waals surface area contributed by atoms with Crippen LogP contribution in [-0.4, -0.2) is 12.4 Å². The van der Waals surface area contributed by atoms with E-state index in [9.17, 15) is 0 Å². The third kappa shape index (κ3) is 2.54. The van der Waals surface area contributed by atoms with E-state index in [4.69, 9.17) is 0 Å². The van der Waals surface area contributed by atoms with E-state index in [0.717, 1.165) is 6.42 Å². The molecule has 0 spiro atoms. The van der Waals surface area contributed by atoms with Crippen molar-refractivity contribution in [2.75, 3.05) is 7.05 Å².